The van der Waals surface area contributed by atoms with Gasteiger partial charge in [0.1, 0.15) is 0 Å². The second-order valence-electron chi connectivity index (χ2n) is 2.99. The Morgan fingerprint density at radius 3 is 2.92 bits per heavy atom. The van der Waals surface area contributed by atoms with Gasteiger partial charge in [-0.25, -0.2) is 9.78 Å². The van der Waals surface area contributed by atoms with Gasteiger partial charge in [-0.3, -0.25) is 0 Å². The number of oxazole rings is 1. The van der Waals surface area contributed by atoms with Crippen LogP contribution in [-0.4, -0.2) is 41.6 Å². The molecule has 72 valence electrons. The third-order valence-corrected chi connectivity index (χ3v) is 1.63. The van der Waals surface area contributed by atoms with Crippen LogP contribution in [0, 0.1) is 0 Å². The number of carbonyl (C=O) groups is 1. The van der Waals surface area contributed by atoms with E-state index in [0.29, 0.717) is 12.1 Å². The van der Waals surface area contributed by atoms with Crippen molar-refractivity contribution in [3.63, 3.8) is 0 Å². The van der Waals surface area contributed by atoms with E-state index in [1.165, 1.54) is 0 Å². The molecule has 0 aromatic carbocycles. The molecule has 5 heteroatoms. The van der Waals surface area contributed by atoms with E-state index in [1.54, 1.807) is 0 Å². The van der Waals surface area contributed by atoms with Gasteiger partial charge in [-0.05, 0) is 14.1 Å². The highest BCUT2D eigenvalue weighted by Crippen LogP contribution is 2.07. The number of rotatable bonds is 4. The first-order valence-electron chi connectivity index (χ1n) is 3.91. The molecule has 0 saturated heterocycles. The molecule has 1 aromatic rings. The number of nitrogens with zero attached hydrogens (tertiary/aromatic N) is 2. The van der Waals surface area contributed by atoms with Crippen molar-refractivity contribution in [2.45, 2.75) is 6.42 Å². The second-order valence-corrected chi connectivity index (χ2v) is 2.99. The minimum absolute atomic E-state index is 0.0538. The van der Waals surface area contributed by atoms with E-state index < -0.39 is 5.97 Å². The fourth-order valence-corrected chi connectivity index (χ4v) is 0.951. The lowest BCUT2D eigenvalue weighted by Crippen LogP contribution is -2.16. The number of carboxylic acid groups (broad SMARTS) is 1. The zero-order valence-electron chi connectivity index (χ0n) is 7.65. The standard InChI is InChI=1S/C8H12N2O3/c1-10(2)4-3-6-7(8(11)12)13-5-9-6/h5H,3-4H2,1-2H3,(H,11,12). The van der Waals surface area contributed by atoms with Crippen LogP contribution < -0.4 is 0 Å². The van der Waals surface area contributed by atoms with Crippen LogP contribution in [0.25, 0.3) is 0 Å². The van der Waals surface area contributed by atoms with Crippen LogP contribution in [0.2, 0.25) is 0 Å². The molecule has 0 bridgehead atoms. The molecule has 0 unspecified atom stereocenters. The summed E-state index contributed by atoms with van der Waals surface area (Å²) in [6.45, 7) is 0.757. The molecule has 1 rings (SSSR count). The second kappa shape index (κ2) is 4.04. The van der Waals surface area contributed by atoms with E-state index in [2.05, 4.69) is 4.98 Å². The van der Waals surface area contributed by atoms with Crippen molar-refractivity contribution in [2.24, 2.45) is 0 Å². The van der Waals surface area contributed by atoms with Crippen molar-refractivity contribution in [2.75, 3.05) is 20.6 Å². The van der Waals surface area contributed by atoms with E-state index in [4.69, 9.17) is 9.52 Å². The Morgan fingerprint density at radius 2 is 2.38 bits per heavy atom. The third kappa shape index (κ3) is 2.55. The lowest BCUT2D eigenvalue weighted by molar-refractivity contribution is 0.0660. The van der Waals surface area contributed by atoms with E-state index in [9.17, 15) is 4.79 Å². The SMILES string of the molecule is CN(C)CCc1ncoc1C(=O)O. The van der Waals surface area contributed by atoms with Gasteiger partial charge in [-0.15, -0.1) is 0 Å². The van der Waals surface area contributed by atoms with Gasteiger partial charge in [0.25, 0.3) is 0 Å². The number of hydrogen-bond acceptors (Lipinski definition) is 4. The Labute approximate surface area is 76.0 Å². The Hall–Kier alpha value is -1.36. The first kappa shape index (κ1) is 9.73. The van der Waals surface area contributed by atoms with Gasteiger partial charge in [-0.1, -0.05) is 0 Å². The van der Waals surface area contributed by atoms with Crippen LogP contribution in [0.4, 0.5) is 0 Å². The molecular formula is C8H12N2O3. The molecular weight excluding hydrogens is 172 g/mol. The lowest BCUT2D eigenvalue weighted by atomic mass is 10.2. The van der Waals surface area contributed by atoms with Gasteiger partial charge < -0.3 is 14.4 Å². The monoisotopic (exact) mass is 184 g/mol. The van der Waals surface area contributed by atoms with Crippen LogP contribution in [-0.2, 0) is 6.42 Å². The highest BCUT2D eigenvalue weighted by Gasteiger charge is 2.14. The lowest BCUT2D eigenvalue weighted by Gasteiger charge is -2.06. The van der Waals surface area contributed by atoms with Crippen LogP contribution in [0.3, 0.4) is 0 Å². The number of hydrogen-bond donors (Lipinski definition) is 1. The largest absolute Gasteiger partial charge is 0.475 e. The van der Waals surface area contributed by atoms with Gasteiger partial charge in [0.2, 0.25) is 5.76 Å². The van der Waals surface area contributed by atoms with Crippen LogP contribution in [0.1, 0.15) is 16.2 Å². The first-order valence-corrected chi connectivity index (χ1v) is 3.91. The van der Waals surface area contributed by atoms with Gasteiger partial charge in [0, 0.05) is 13.0 Å². The maximum absolute atomic E-state index is 10.6. The van der Waals surface area contributed by atoms with Crippen LogP contribution in [0.15, 0.2) is 10.8 Å². The fourth-order valence-electron chi connectivity index (χ4n) is 0.951. The molecule has 1 aromatic heterocycles. The maximum Gasteiger partial charge on any atom is 0.373 e. The fraction of sp³-hybridized carbons (Fsp3) is 0.500. The minimum atomic E-state index is -1.06. The van der Waals surface area contributed by atoms with Crippen molar-refractivity contribution in [1.29, 1.82) is 0 Å². The van der Waals surface area contributed by atoms with Gasteiger partial charge in [-0.2, -0.15) is 0 Å². The average molecular weight is 184 g/mol. The molecule has 0 aliphatic heterocycles. The molecule has 0 aliphatic carbocycles. The van der Waals surface area contributed by atoms with Gasteiger partial charge in [0.05, 0.1) is 5.69 Å². The molecule has 0 atom stereocenters. The molecule has 1 N–H and O–H groups in total. The molecule has 0 spiro atoms. The van der Waals surface area contributed by atoms with E-state index in [1.807, 2.05) is 19.0 Å². The van der Waals surface area contributed by atoms with E-state index in [-0.39, 0.29) is 5.76 Å². The Kier molecular flexibility index (Phi) is 3.02. The molecule has 5 nitrogen and oxygen atoms in total. The highest BCUT2D eigenvalue weighted by atomic mass is 16.4. The molecule has 0 fully saturated rings. The number of aromatic nitrogens is 1. The smallest absolute Gasteiger partial charge is 0.373 e. The average Bonchev–Trinajstić information content (AvgIpc) is 2.47. The zero-order valence-corrected chi connectivity index (χ0v) is 7.65. The molecule has 0 amide bonds. The molecule has 0 radical (unpaired) electrons. The maximum atomic E-state index is 10.6. The highest BCUT2D eigenvalue weighted by molar-refractivity contribution is 5.85. The Balaban J connectivity index is 2.65. The van der Waals surface area contributed by atoms with Crippen LogP contribution >= 0.6 is 0 Å². The van der Waals surface area contributed by atoms with Crippen molar-refractivity contribution >= 4 is 5.97 Å². The summed E-state index contributed by atoms with van der Waals surface area (Å²) in [5, 5.41) is 8.67. The molecule has 0 aliphatic rings. The summed E-state index contributed by atoms with van der Waals surface area (Å²) in [6.07, 6.45) is 1.75. The first-order chi connectivity index (χ1) is 6.11. The summed E-state index contributed by atoms with van der Waals surface area (Å²) in [5.41, 5.74) is 0.501. The summed E-state index contributed by atoms with van der Waals surface area (Å²) in [5.74, 6) is -1.12. The summed E-state index contributed by atoms with van der Waals surface area (Å²) in [6, 6.07) is 0. The molecule has 0 saturated carbocycles. The summed E-state index contributed by atoms with van der Waals surface area (Å²) >= 11 is 0. The topological polar surface area (TPSA) is 66.6 Å². The Bertz CT molecular complexity index is 293. The number of likely N-dealkylation sites (N-methyl/N-ethyl adjacent to an activating group) is 1. The summed E-state index contributed by atoms with van der Waals surface area (Å²) in [4.78, 5) is 16.4. The number of aromatic carboxylic acids is 1. The van der Waals surface area contributed by atoms with Gasteiger partial charge >= 0.3 is 5.97 Å². The van der Waals surface area contributed by atoms with E-state index in [0.717, 1.165) is 12.9 Å². The minimum Gasteiger partial charge on any atom is -0.475 e. The quantitative estimate of drug-likeness (QED) is 0.737. The summed E-state index contributed by atoms with van der Waals surface area (Å²) < 4.78 is 4.73. The summed E-state index contributed by atoms with van der Waals surface area (Å²) in [7, 11) is 3.83. The van der Waals surface area contributed by atoms with E-state index >= 15 is 0 Å². The molecule has 13 heavy (non-hydrogen) atoms. The normalized spacial score (nSPS) is 10.7. The zero-order chi connectivity index (χ0) is 9.84. The predicted octanol–water partition coefficient (Wildman–Crippen LogP) is 0.477. The third-order valence-electron chi connectivity index (χ3n) is 1.63. The van der Waals surface area contributed by atoms with Crippen molar-refractivity contribution in [3.05, 3.63) is 17.8 Å². The molecule has 1 heterocycles. The van der Waals surface area contributed by atoms with Crippen LogP contribution in [0.5, 0.6) is 0 Å². The van der Waals surface area contributed by atoms with Gasteiger partial charge in [0.15, 0.2) is 6.39 Å². The van der Waals surface area contributed by atoms with Crippen molar-refractivity contribution in [3.8, 4) is 0 Å². The number of carboxylic acids is 1. The van der Waals surface area contributed by atoms with Crippen molar-refractivity contribution < 1.29 is 14.3 Å². The van der Waals surface area contributed by atoms with Crippen molar-refractivity contribution in [1.82, 2.24) is 9.88 Å². The Morgan fingerprint density at radius 1 is 1.69 bits per heavy atom. The predicted molar refractivity (Wildman–Crippen MR) is 45.7 cm³/mol.